The molecule has 0 aliphatic carbocycles. The number of hydrogen-bond acceptors (Lipinski definition) is 4. The number of carbonyl (C=O) groups is 2. The Balaban J connectivity index is 1.70. The van der Waals surface area contributed by atoms with Gasteiger partial charge in [-0.2, -0.15) is 0 Å². The lowest BCUT2D eigenvalue weighted by molar-refractivity contribution is -0.131. The minimum atomic E-state index is -0.447. The summed E-state index contributed by atoms with van der Waals surface area (Å²) >= 11 is 11.9. The molecule has 1 amide bonds. The van der Waals surface area contributed by atoms with E-state index in [4.69, 9.17) is 23.2 Å². The predicted molar refractivity (Wildman–Crippen MR) is 103 cm³/mol. The number of hydrogen-bond donors (Lipinski definition) is 0. The highest BCUT2D eigenvalue weighted by Gasteiger charge is 2.19. The fourth-order valence-corrected chi connectivity index (χ4v) is 2.86. The van der Waals surface area contributed by atoms with E-state index in [0.29, 0.717) is 16.6 Å². The Morgan fingerprint density at radius 3 is 2.50 bits per heavy atom. The van der Waals surface area contributed by atoms with Crippen LogP contribution in [0.1, 0.15) is 21.7 Å². The summed E-state index contributed by atoms with van der Waals surface area (Å²) in [5.74, 6) is -1.14. The highest BCUT2D eigenvalue weighted by atomic mass is 35.5. The van der Waals surface area contributed by atoms with Crippen LogP contribution in [-0.2, 0) is 17.9 Å². The van der Waals surface area contributed by atoms with E-state index in [0.717, 1.165) is 5.56 Å². The number of aromatic nitrogens is 3. The van der Waals surface area contributed by atoms with E-state index in [2.05, 4.69) is 10.2 Å². The summed E-state index contributed by atoms with van der Waals surface area (Å²) in [7, 11) is 1.64. The van der Waals surface area contributed by atoms with Crippen molar-refractivity contribution in [3.8, 4) is 0 Å². The van der Waals surface area contributed by atoms with Crippen molar-refractivity contribution in [2.75, 3.05) is 7.05 Å². The predicted octanol–water partition coefficient (Wildman–Crippen LogP) is 3.61. The van der Waals surface area contributed by atoms with Crippen LogP contribution in [0.4, 0.5) is 4.39 Å². The molecule has 2 aromatic carbocycles. The van der Waals surface area contributed by atoms with E-state index in [-0.39, 0.29) is 23.8 Å². The van der Waals surface area contributed by atoms with Crippen LogP contribution in [0.25, 0.3) is 0 Å². The molecule has 1 heterocycles. The van der Waals surface area contributed by atoms with Gasteiger partial charge in [-0.05, 0) is 42.0 Å². The molecule has 3 rings (SSSR count). The van der Waals surface area contributed by atoms with E-state index in [1.807, 2.05) is 0 Å². The van der Waals surface area contributed by atoms with E-state index in [9.17, 15) is 14.0 Å². The Labute approximate surface area is 170 Å². The molecule has 9 heteroatoms. The van der Waals surface area contributed by atoms with Crippen molar-refractivity contribution in [1.29, 1.82) is 0 Å². The molecule has 0 unspecified atom stereocenters. The lowest BCUT2D eigenvalue weighted by atomic mass is 10.1. The van der Waals surface area contributed by atoms with E-state index >= 15 is 0 Å². The number of benzene rings is 2. The Morgan fingerprint density at radius 2 is 1.82 bits per heavy atom. The van der Waals surface area contributed by atoms with Gasteiger partial charge in [0.15, 0.2) is 0 Å². The van der Waals surface area contributed by atoms with Crippen molar-refractivity contribution >= 4 is 34.9 Å². The van der Waals surface area contributed by atoms with Crippen LogP contribution in [0.3, 0.4) is 0 Å². The van der Waals surface area contributed by atoms with Crippen molar-refractivity contribution in [1.82, 2.24) is 19.7 Å². The summed E-state index contributed by atoms with van der Waals surface area (Å²) in [6.07, 6.45) is 1.31. The minimum Gasteiger partial charge on any atom is -0.340 e. The van der Waals surface area contributed by atoms with Gasteiger partial charge in [0, 0.05) is 19.2 Å². The average molecular weight is 421 g/mol. The fourth-order valence-electron chi connectivity index (χ4n) is 2.54. The topological polar surface area (TPSA) is 68.1 Å². The molecule has 0 spiro atoms. The number of nitrogens with zero attached hydrogens (tertiary/aromatic N) is 4. The Bertz CT molecular complexity index is 1020. The first kappa shape index (κ1) is 20.0. The van der Waals surface area contributed by atoms with Gasteiger partial charge < -0.3 is 9.47 Å². The van der Waals surface area contributed by atoms with Gasteiger partial charge in [-0.25, -0.2) is 4.39 Å². The zero-order valence-electron chi connectivity index (χ0n) is 14.8. The third-order valence-electron chi connectivity index (χ3n) is 4.06. The van der Waals surface area contributed by atoms with Crippen LogP contribution in [0, 0.1) is 5.82 Å². The number of ketones is 1. The second-order valence-electron chi connectivity index (χ2n) is 6.12. The Morgan fingerprint density at radius 1 is 1.11 bits per heavy atom. The normalized spacial score (nSPS) is 10.7. The maximum atomic E-state index is 13.0. The van der Waals surface area contributed by atoms with Gasteiger partial charge in [-0.3, -0.25) is 9.59 Å². The van der Waals surface area contributed by atoms with Crippen LogP contribution in [0.15, 0.2) is 48.8 Å². The first-order valence-corrected chi connectivity index (χ1v) is 8.96. The van der Waals surface area contributed by atoms with Crippen molar-refractivity contribution in [3.63, 3.8) is 0 Å². The molecule has 0 aliphatic heterocycles. The molecule has 0 N–H and O–H groups in total. The summed E-state index contributed by atoms with van der Waals surface area (Å²) in [5.41, 5.74) is 1.07. The molecule has 3 aromatic rings. The van der Waals surface area contributed by atoms with Crippen molar-refractivity contribution in [2.24, 2.45) is 0 Å². The number of halogens is 3. The summed E-state index contributed by atoms with van der Waals surface area (Å²) < 4.78 is 14.4. The van der Waals surface area contributed by atoms with Gasteiger partial charge in [0.25, 0.3) is 0 Å². The number of likely N-dealkylation sites (N-methyl/N-ethyl adjacent to an activating group) is 1. The monoisotopic (exact) mass is 420 g/mol. The third kappa shape index (κ3) is 4.55. The molecule has 1 aromatic heterocycles. The van der Waals surface area contributed by atoms with Crippen LogP contribution >= 0.6 is 23.2 Å². The van der Waals surface area contributed by atoms with Crippen LogP contribution < -0.4 is 0 Å². The lowest BCUT2D eigenvalue weighted by Crippen LogP contribution is -2.30. The van der Waals surface area contributed by atoms with Crippen LogP contribution in [0.2, 0.25) is 10.0 Å². The fraction of sp³-hybridized carbons (Fsp3) is 0.158. The summed E-state index contributed by atoms with van der Waals surface area (Å²) in [6.45, 7) is 0.201. The quantitative estimate of drug-likeness (QED) is 0.571. The molecule has 0 bridgehead atoms. The molecular formula is C19H15Cl2FN4O2. The van der Waals surface area contributed by atoms with Crippen molar-refractivity contribution in [2.45, 2.75) is 13.1 Å². The molecule has 0 atom stereocenters. The van der Waals surface area contributed by atoms with E-state index < -0.39 is 11.6 Å². The number of rotatable bonds is 6. The molecule has 0 radical (unpaired) electrons. The maximum Gasteiger partial charge on any atom is 0.242 e. The maximum absolute atomic E-state index is 13.0. The number of amides is 1. The average Bonchev–Trinajstić information content (AvgIpc) is 3.12. The zero-order chi connectivity index (χ0) is 20.3. The molecular weight excluding hydrogens is 406 g/mol. The van der Waals surface area contributed by atoms with Gasteiger partial charge >= 0.3 is 0 Å². The smallest absolute Gasteiger partial charge is 0.242 e. The first-order chi connectivity index (χ1) is 13.3. The summed E-state index contributed by atoms with van der Waals surface area (Å²) in [4.78, 5) is 26.6. The first-order valence-electron chi connectivity index (χ1n) is 8.21. The van der Waals surface area contributed by atoms with Gasteiger partial charge in [0.2, 0.25) is 17.5 Å². The molecule has 28 heavy (non-hydrogen) atoms. The SMILES string of the molecule is CN(Cc1ccc(Cl)c(Cl)c1)C(=O)Cn1cnnc1C(=O)c1ccc(F)cc1. The Hall–Kier alpha value is -2.77. The summed E-state index contributed by atoms with van der Waals surface area (Å²) in [6, 6.07) is 10.2. The molecule has 0 saturated carbocycles. The van der Waals surface area contributed by atoms with Crippen LogP contribution in [-0.4, -0.2) is 38.4 Å². The largest absolute Gasteiger partial charge is 0.340 e. The molecule has 0 fully saturated rings. The summed E-state index contributed by atoms with van der Waals surface area (Å²) in [5, 5.41) is 8.36. The number of carbonyl (C=O) groups excluding carboxylic acids is 2. The van der Waals surface area contributed by atoms with Gasteiger partial charge in [-0.1, -0.05) is 29.3 Å². The second kappa shape index (κ2) is 8.50. The second-order valence-corrected chi connectivity index (χ2v) is 6.93. The lowest BCUT2D eigenvalue weighted by Gasteiger charge is -2.18. The molecule has 144 valence electrons. The van der Waals surface area contributed by atoms with E-state index in [1.54, 1.807) is 25.2 Å². The molecule has 0 aliphatic rings. The minimum absolute atomic E-state index is 0.00268. The van der Waals surface area contributed by atoms with Gasteiger partial charge in [0.05, 0.1) is 10.0 Å². The standard InChI is InChI=1S/C19H15Cl2FN4O2/c1-25(9-12-2-7-15(20)16(21)8-12)17(27)10-26-11-23-24-19(26)18(28)13-3-5-14(22)6-4-13/h2-8,11H,9-10H2,1H3. The molecule has 0 saturated heterocycles. The van der Waals surface area contributed by atoms with Crippen LogP contribution in [0.5, 0.6) is 0 Å². The zero-order valence-corrected chi connectivity index (χ0v) is 16.3. The highest BCUT2D eigenvalue weighted by Crippen LogP contribution is 2.23. The van der Waals surface area contributed by atoms with Gasteiger partial charge in [0.1, 0.15) is 18.7 Å². The van der Waals surface area contributed by atoms with Gasteiger partial charge in [-0.15, -0.1) is 10.2 Å². The Kier molecular flexibility index (Phi) is 6.06. The van der Waals surface area contributed by atoms with E-state index in [1.165, 1.54) is 40.1 Å². The third-order valence-corrected chi connectivity index (χ3v) is 4.80. The van der Waals surface area contributed by atoms with Crippen molar-refractivity contribution in [3.05, 3.63) is 81.6 Å². The highest BCUT2D eigenvalue weighted by molar-refractivity contribution is 6.42. The van der Waals surface area contributed by atoms with Crippen molar-refractivity contribution < 1.29 is 14.0 Å². The molecule has 6 nitrogen and oxygen atoms in total.